The van der Waals surface area contributed by atoms with Crippen LogP contribution in [0.1, 0.15) is 31.9 Å². The summed E-state index contributed by atoms with van der Waals surface area (Å²) in [5.41, 5.74) is 1.83. The highest BCUT2D eigenvalue weighted by atomic mass is 16.4. The molecule has 0 aliphatic rings. The zero-order valence-corrected chi connectivity index (χ0v) is 9.57. The lowest BCUT2D eigenvalue weighted by molar-refractivity contribution is 0.322. The highest BCUT2D eigenvalue weighted by Gasteiger charge is 2.10. The fraction of sp³-hybridized carbons (Fsp3) is 0.455. The summed E-state index contributed by atoms with van der Waals surface area (Å²) in [6.45, 7) is 8.18. The largest absolute Gasteiger partial charge is 0.411 e. The fourth-order valence-electron chi connectivity index (χ4n) is 1.22. The van der Waals surface area contributed by atoms with E-state index in [-0.39, 0.29) is 5.54 Å². The molecule has 0 atom stereocenters. The third kappa shape index (κ3) is 3.58. The van der Waals surface area contributed by atoms with Gasteiger partial charge in [0, 0.05) is 17.3 Å². The minimum absolute atomic E-state index is 0.00791. The van der Waals surface area contributed by atoms with Crippen LogP contribution in [0, 0.1) is 6.92 Å². The van der Waals surface area contributed by atoms with Crippen LogP contribution in [-0.2, 0) is 0 Å². The van der Waals surface area contributed by atoms with Crippen LogP contribution in [0.25, 0.3) is 0 Å². The predicted octanol–water partition coefficient (Wildman–Crippen LogP) is 2.41. The van der Waals surface area contributed by atoms with Crippen LogP contribution in [-0.4, -0.2) is 21.9 Å². The second-order valence-corrected chi connectivity index (χ2v) is 4.55. The molecule has 0 saturated carbocycles. The van der Waals surface area contributed by atoms with Gasteiger partial charge in [0.05, 0.1) is 6.21 Å². The van der Waals surface area contributed by atoms with Gasteiger partial charge in [-0.05, 0) is 39.3 Å². The van der Waals surface area contributed by atoms with Gasteiger partial charge >= 0.3 is 0 Å². The first-order chi connectivity index (χ1) is 6.92. The number of rotatable bonds is 2. The third-order valence-electron chi connectivity index (χ3n) is 1.85. The van der Waals surface area contributed by atoms with Crippen LogP contribution in [0.4, 0.5) is 5.82 Å². The molecular weight excluding hydrogens is 190 g/mol. The van der Waals surface area contributed by atoms with E-state index in [4.69, 9.17) is 5.21 Å². The van der Waals surface area contributed by atoms with Crippen molar-refractivity contribution < 1.29 is 5.21 Å². The molecule has 0 amide bonds. The maximum atomic E-state index is 8.43. The van der Waals surface area contributed by atoms with Gasteiger partial charge in [-0.3, -0.25) is 0 Å². The van der Waals surface area contributed by atoms with E-state index in [1.807, 2.05) is 13.0 Å². The molecule has 0 saturated heterocycles. The van der Waals surface area contributed by atoms with Crippen LogP contribution in [0.2, 0.25) is 0 Å². The molecule has 0 bridgehead atoms. The van der Waals surface area contributed by atoms with Crippen molar-refractivity contribution in [2.45, 2.75) is 33.2 Å². The van der Waals surface area contributed by atoms with Gasteiger partial charge in [0.25, 0.3) is 0 Å². The molecule has 1 aromatic heterocycles. The number of aromatic nitrogens is 1. The molecule has 0 radical (unpaired) electrons. The summed E-state index contributed by atoms with van der Waals surface area (Å²) in [5, 5.41) is 14.7. The monoisotopic (exact) mass is 207 g/mol. The van der Waals surface area contributed by atoms with Gasteiger partial charge in [-0.1, -0.05) is 5.16 Å². The van der Waals surface area contributed by atoms with Crippen molar-refractivity contribution in [3.63, 3.8) is 0 Å². The van der Waals surface area contributed by atoms with E-state index >= 15 is 0 Å². The summed E-state index contributed by atoms with van der Waals surface area (Å²) >= 11 is 0. The molecule has 2 N–H and O–H groups in total. The maximum absolute atomic E-state index is 8.43. The summed E-state index contributed by atoms with van der Waals surface area (Å²) < 4.78 is 0. The van der Waals surface area contributed by atoms with Crippen LogP contribution in [0.15, 0.2) is 17.4 Å². The number of hydrogen-bond donors (Lipinski definition) is 2. The first kappa shape index (κ1) is 11.5. The zero-order chi connectivity index (χ0) is 11.5. The Morgan fingerprint density at radius 2 is 2.13 bits per heavy atom. The summed E-state index contributed by atoms with van der Waals surface area (Å²) in [7, 11) is 0. The Bertz CT molecular complexity index is 367. The van der Waals surface area contributed by atoms with Gasteiger partial charge in [0.2, 0.25) is 0 Å². The van der Waals surface area contributed by atoms with E-state index in [1.165, 1.54) is 6.21 Å². The number of oxime groups is 1. The third-order valence-corrected chi connectivity index (χ3v) is 1.85. The highest BCUT2D eigenvalue weighted by Crippen LogP contribution is 2.14. The average molecular weight is 207 g/mol. The summed E-state index contributed by atoms with van der Waals surface area (Å²) in [6.07, 6.45) is 3.06. The Morgan fingerprint density at radius 3 is 2.60 bits per heavy atom. The number of hydrogen-bond acceptors (Lipinski definition) is 4. The average Bonchev–Trinajstić information content (AvgIpc) is 2.07. The van der Waals surface area contributed by atoms with E-state index in [2.05, 4.69) is 36.2 Å². The van der Waals surface area contributed by atoms with Crippen LogP contribution in [0.5, 0.6) is 0 Å². The van der Waals surface area contributed by atoms with E-state index in [9.17, 15) is 0 Å². The second kappa shape index (κ2) is 4.29. The maximum Gasteiger partial charge on any atom is 0.126 e. The lowest BCUT2D eigenvalue weighted by Gasteiger charge is -2.21. The standard InChI is InChI=1S/C11H17N3O/c1-8-5-10(14-11(2,3)4)12-6-9(8)7-13-15/h5-7,15H,1-4H3,(H,12,14)/b13-7-. The van der Waals surface area contributed by atoms with E-state index in [0.717, 1.165) is 16.9 Å². The van der Waals surface area contributed by atoms with Crippen molar-refractivity contribution in [3.05, 3.63) is 23.4 Å². The van der Waals surface area contributed by atoms with Crippen molar-refractivity contribution in [3.8, 4) is 0 Å². The molecule has 0 unspecified atom stereocenters. The number of pyridine rings is 1. The number of anilines is 1. The zero-order valence-electron chi connectivity index (χ0n) is 9.57. The Kier molecular flexibility index (Phi) is 3.29. The number of nitrogens with one attached hydrogen (secondary N) is 1. The normalized spacial score (nSPS) is 12.0. The molecule has 82 valence electrons. The van der Waals surface area contributed by atoms with Gasteiger partial charge < -0.3 is 10.5 Å². The molecule has 1 rings (SSSR count). The van der Waals surface area contributed by atoms with Crippen molar-refractivity contribution in [1.82, 2.24) is 4.98 Å². The van der Waals surface area contributed by atoms with Crippen molar-refractivity contribution >= 4 is 12.0 Å². The smallest absolute Gasteiger partial charge is 0.126 e. The summed E-state index contributed by atoms with van der Waals surface area (Å²) in [6, 6.07) is 1.93. The molecule has 0 fully saturated rings. The minimum Gasteiger partial charge on any atom is -0.411 e. The minimum atomic E-state index is -0.00791. The fourth-order valence-corrected chi connectivity index (χ4v) is 1.22. The molecule has 0 spiro atoms. The molecule has 0 aliphatic heterocycles. The molecular formula is C11H17N3O. The molecule has 0 aliphatic carbocycles. The van der Waals surface area contributed by atoms with Gasteiger partial charge in [0.15, 0.2) is 0 Å². The summed E-state index contributed by atoms with van der Waals surface area (Å²) in [5.74, 6) is 0.829. The van der Waals surface area contributed by atoms with E-state index in [1.54, 1.807) is 6.20 Å². The molecule has 1 heterocycles. The highest BCUT2D eigenvalue weighted by molar-refractivity contribution is 5.81. The first-order valence-electron chi connectivity index (χ1n) is 4.84. The Hall–Kier alpha value is -1.58. The SMILES string of the molecule is Cc1cc(NC(C)(C)C)ncc1/C=N\O. The van der Waals surface area contributed by atoms with Crippen molar-refractivity contribution in [1.29, 1.82) is 0 Å². The molecule has 0 aromatic carbocycles. The summed E-state index contributed by atoms with van der Waals surface area (Å²) in [4.78, 5) is 4.23. The van der Waals surface area contributed by atoms with Gasteiger partial charge in [0.1, 0.15) is 5.82 Å². The molecule has 4 heteroatoms. The molecule has 4 nitrogen and oxygen atoms in total. The molecule has 15 heavy (non-hydrogen) atoms. The Balaban J connectivity index is 2.92. The lowest BCUT2D eigenvalue weighted by atomic mass is 10.1. The van der Waals surface area contributed by atoms with Gasteiger partial charge in [-0.15, -0.1) is 0 Å². The van der Waals surface area contributed by atoms with Crippen molar-refractivity contribution in [2.75, 3.05) is 5.32 Å². The number of aryl methyl sites for hydroxylation is 1. The van der Waals surface area contributed by atoms with Crippen LogP contribution in [0.3, 0.4) is 0 Å². The topological polar surface area (TPSA) is 57.5 Å². The number of nitrogens with zero attached hydrogens (tertiary/aromatic N) is 2. The van der Waals surface area contributed by atoms with Crippen LogP contribution >= 0.6 is 0 Å². The predicted molar refractivity (Wildman–Crippen MR) is 61.7 cm³/mol. The van der Waals surface area contributed by atoms with E-state index in [0.29, 0.717) is 0 Å². The Labute approximate surface area is 90.0 Å². The van der Waals surface area contributed by atoms with E-state index < -0.39 is 0 Å². The van der Waals surface area contributed by atoms with Gasteiger partial charge in [-0.2, -0.15) is 0 Å². The van der Waals surface area contributed by atoms with Crippen molar-refractivity contribution in [2.24, 2.45) is 5.16 Å². The molecule has 1 aromatic rings. The first-order valence-corrected chi connectivity index (χ1v) is 4.84. The lowest BCUT2D eigenvalue weighted by Crippen LogP contribution is -2.26. The Morgan fingerprint density at radius 1 is 1.47 bits per heavy atom. The quantitative estimate of drug-likeness (QED) is 0.445. The van der Waals surface area contributed by atoms with Gasteiger partial charge in [-0.25, -0.2) is 4.98 Å². The van der Waals surface area contributed by atoms with Crippen LogP contribution < -0.4 is 5.32 Å². The second-order valence-electron chi connectivity index (χ2n) is 4.55.